The SMILES string of the molecule is CCCCCCCC/C=C\CCCCCCCCCCCC(=O)NC([CH]CO)CC. The molecule has 177 valence electrons. The fourth-order valence-corrected chi connectivity index (χ4v) is 3.80. The Hall–Kier alpha value is -0.830. The van der Waals surface area contributed by atoms with Crippen molar-refractivity contribution in [2.75, 3.05) is 6.61 Å². The van der Waals surface area contributed by atoms with E-state index in [1.807, 2.05) is 6.92 Å². The van der Waals surface area contributed by atoms with Crippen molar-refractivity contribution in [3.05, 3.63) is 18.6 Å². The molecule has 1 amide bonds. The Morgan fingerprint density at radius 1 is 0.733 bits per heavy atom. The minimum Gasteiger partial charge on any atom is -0.396 e. The summed E-state index contributed by atoms with van der Waals surface area (Å²) < 4.78 is 0. The highest BCUT2D eigenvalue weighted by Crippen LogP contribution is 2.12. The molecule has 30 heavy (non-hydrogen) atoms. The standard InChI is InChI=1S/C27H52NO2/c1-3-5-6-7-8-9-10-11-12-13-14-15-16-17-18-19-20-21-22-23-27(30)28-26(4-2)24-25-29/h11-12,24,26,29H,3-10,13-23,25H2,1-2H3,(H,28,30)/b12-11-. The van der Waals surface area contributed by atoms with Crippen molar-refractivity contribution in [2.45, 2.75) is 142 Å². The van der Waals surface area contributed by atoms with E-state index in [4.69, 9.17) is 5.11 Å². The van der Waals surface area contributed by atoms with Crippen LogP contribution in [0.2, 0.25) is 0 Å². The van der Waals surface area contributed by atoms with Crippen LogP contribution in [0.3, 0.4) is 0 Å². The van der Waals surface area contributed by atoms with Crippen molar-refractivity contribution < 1.29 is 9.90 Å². The topological polar surface area (TPSA) is 49.3 Å². The van der Waals surface area contributed by atoms with Gasteiger partial charge >= 0.3 is 0 Å². The monoisotopic (exact) mass is 422 g/mol. The maximum atomic E-state index is 11.9. The normalized spacial score (nSPS) is 12.5. The molecule has 0 rings (SSSR count). The first kappa shape index (κ1) is 29.2. The van der Waals surface area contributed by atoms with Crippen molar-refractivity contribution in [1.82, 2.24) is 5.32 Å². The van der Waals surface area contributed by atoms with Crippen LogP contribution < -0.4 is 5.32 Å². The van der Waals surface area contributed by atoms with Crippen molar-refractivity contribution in [3.63, 3.8) is 0 Å². The number of aliphatic hydroxyl groups excluding tert-OH is 1. The van der Waals surface area contributed by atoms with Crippen LogP contribution in [0.15, 0.2) is 12.2 Å². The molecule has 0 aliphatic heterocycles. The number of carbonyl (C=O) groups excluding carboxylic acids is 1. The molecular weight excluding hydrogens is 370 g/mol. The van der Waals surface area contributed by atoms with Gasteiger partial charge in [0.1, 0.15) is 0 Å². The fraction of sp³-hybridized carbons (Fsp3) is 0.852. The first-order valence-corrected chi connectivity index (χ1v) is 13.1. The van der Waals surface area contributed by atoms with Crippen LogP contribution in [0.25, 0.3) is 0 Å². The highest BCUT2D eigenvalue weighted by Gasteiger charge is 2.09. The minimum atomic E-state index is 0.0123. The van der Waals surface area contributed by atoms with Gasteiger partial charge in [0, 0.05) is 25.5 Å². The van der Waals surface area contributed by atoms with Crippen molar-refractivity contribution >= 4 is 5.91 Å². The summed E-state index contributed by atoms with van der Waals surface area (Å²) in [7, 11) is 0. The molecule has 0 saturated carbocycles. The first-order valence-electron chi connectivity index (χ1n) is 13.1. The van der Waals surface area contributed by atoms with Gasteiger partial charge in [-0.1, -0.05) is 103 Å². The molecule has 0 saturated heterocycles. The average Bonchev–Trinajstić information content (AvgIpc) is 2.75. The maximum absolute atomic E-state index is 11.9. The highest BCUT2D eigenvalue weighted by molar-refractivity contribution is 5.76. The molecule has 1 unspecified atom stereocenters. The van der Waals surface area contributed by atoms with Crippen LogP contribution in [0.1, 0.15) is 136 Å². The van der Waals surface area contributed by atoms with Crippen LogP contribution >= 0.6 is 0 Å². The molecule has 1 radical (unpaired) electrons. The highest BCUT2D eigenvalue weighted by atomic mass is 16.3. The van der Waals surface area contributed by atoms with E-state index >= 15 is 0 Å². The van der Waals surface area contributed by atoms with Gasteiger partial charge < -0.3 is 10.4 Å². The fourth-order valence-electron chi connectivity index (χ4n) is 3.80. The average molecular weight is 423 g/mol. The van der Waals surface area contributed by atoms with Crippen molar-refractivity contribution in [3.8, 4) is 0 Å². The Kier molecular flexibility index (Phi) is 23.8. The van der Waals surface area contributed by atoms with E-state index in [1.165, 1.54) is 96.3 Å². The van der Waals surface area contributed by atoms with E-state index in [0.29, 0.717) is 6.42 Å². The van der Waals surface area contributed by atoms with Gasteiger partial charge in [-0.2, -0.15) is 0 Å². The summed E-state index contributed by atoms with van der Waals surface area (Å²) in [5.74, 6) is 0.118. The van der Waals surface area contributed by atoms with E-state index in [0.717, 1.165) is 19.3 Å². The Morgan fingerprint density at radius 2 is 1.20 bits per heavy atom. The zero-order chi connectivity index (χ0) is 22.1. The first-order chi connectivity index (χ1) is 14.7. The van der Waals surface area contributed by atoms with E-state index in [1.54, 1.807) is 6.42 Å². The summed E-state index contributed by atoms with van der Waals surface area (Å²) in [5.41, 5.74) is 0. The Balaban J connectivity index is 3.26. The van der Waals surface area contributed by atoms with Gasteiger partial charge in [0.25, 0.3) is 0 Å². The summed E-state index contributed by atoms with van der Waals surface area (Å²) in [4.78, 5) is 11.9. The van der Waals surface area contributed by atoms with Crippen LogP contribution in [0, 0.1) is 6.42 Å². The maximum Gasteiger partial charge on any atom is 0.220 e. The Bertz CT molecular complexity index is 381. The van der Waals surface area contributed by atoms with E-state index in [-0.39, 0.29) is 18.6 Å². The molecule has 0 fully saturated rings. The van der Waals surface area contributed by atoms with Crippen LogP contribution in [0.5, 0.6) is 0 Å². The summed E-state index contributed by atoms with van der Waals surface area (Å²) in [6, 6.07) is 0.0123. The number of aliphatic hydroxyl groups is 1. The third-order valence-corrected chi connectivity index (χ3v) is 5.84. The number of amides is 1. The molecule has 1 atom stereocenters. The van der Waals surface area contributed by atoms with E-state index < -0.39 is 0 Å². The van der Waals surface area contributed by atoms with Gasteiger partial charge in [0.05, 0.1) is 0 Å². The Labute approximate surface area is 188 Å². The molecule has 0 aliphatic carbocycles. The predicted molar refractivity (Wildman–Crippen MR) is 132 cm³/mol. The number of hydrogen-bond acceptors (Lipinski definition) is 2. The summed E-state index contributed by atoms with van der Waals surface area (Å²) in [6.07, 6.45) is 30.3. The quantitative estimate of drug-likeness (QED) is 0.131. The molecule has 0 aromatic heterocycles. The van der Waals surface area contributed by atoms with Crippen molar-refractivity contribution in [2.24, 2.45) is 0 Å². The van der Waals surface area contributed by atoms with Gasteiger partial charge in [-0.25, -0.2) is 0 Å². The zero-order valence-corrected chi connectivity index (χ0v) is 20.3. The van der Waals surface area contributed by atoms with Crippen LogP contribution in [-0.2, 0) is 4.79 Å². The number of nitrogens with one attached hydrogen (secondary N) is 1. The molecular formula is C27H52NO2. The van der Waals surface area contributed by atoms with Gasteiger partial charge in [-0.15, -0.1) is 0 Å². The van der Waals surface area contributed by atoms with Crippen molar-refractivity contribution in [1.29, 1.82) is 0 Å². The molecule has 0 spiro atoms. The van der Waals surface area contributed by atoms with E-state index in [2.05, 4.69) is 24.4 Å². The summed E-state index contributed by atoms with van der Waals surface area (Å²) >= 11 is 0. The lowest BCUT2D eigenvalue weighted by Crippen LogP contribution is -2.35. The molecule has 0 aromatic rings. The summed E-state index contributed by atoms with van der Waals surface area (Å²) in [5, 5.41) is 11.9. The van der Waals surface area contributed by atoms with Gasteiger partial charge in [-0.05, 0) is 38.5 Å². The van der Waals surface area contributed by atoms with Gasteiger partial charge in [0.15, 0.2) is 0 Å². The third-order valence-electron chi connectivity index (χ3n) is 5.84. The van der Waals surface area contributed by atoms with E-state index in [9.17, 15) is 4.79 Å². The largest absolute Gasteiger partial charge is 0.396 e. The second-order valence-electron chi connectivity index (χ2n) is 8.75. The molecule has 3 heteroatoms. The second-order valence-corrected chi connectivity index (χ2v) is 8.75. The zero-order valence-electron chi connectivity index (χ0n) is 20.3. The second kappa shape index (κ2) is 24.4. The Morgan fingerprint density at radius 3 is 1.67 bits per heavy atom. The molecule has 0 heterocycles. The molecule has 0 bridgehead atoms. The summed E-state index contributed by atoms with van der Waals surface area (Å²) in [6.45, 7) is 4.32. The molecule has 2 N–H and O–H groups in total. The minimum absolute atomic E-state index is 0.0123. The number of hydrogen-bond donors (Lipinski definition) is 2. The van der Waals surface area contributed by atoms with Crippen LogP contribution in [-0.4, -0.2) is 23.7 Å². The lowest BCUT2D eigenvalue weighted by atomic mass is 10.0. The predicted octanol–water partition coefficient (Wildman–Crippen LogP) is 7.68. The number of carbonyl (C=O) groups is 1. The molecule has 0 aromatic carbocycles. The lowest BCUT2D eigenvalue weighted by Gasteiger charge is -2.15. The number of unbranched alkanes of at least 4 members (excludes halogenated alkanes) is 15. The number of rotatable bonds is 23. The third kappa shape index (κ3) is 21.9. The van der Waals surface area contributed by atoms with Crippen LogP contribution in [0.4, 0.5) is 0 Å². The lowest BCUT2D eigenvalue weighted by molar-refractivity contribution is -0.121. The van der Waals surface area contributed by atoms with Gasteiger partial charge in [0.2, 0.25) is 5.91 Å². The molecule has 3 nitrogen and oxygen atoms in total. The molecule has 0 aliphatic rings. The smallest absolute Gasteiger partial charge is 0.220 e. The van der Waals surface area contributed by atoms with Gasteiger partial charge in [-0.3, -0.25) is 4.79 Å². The number of allylic oxidation sites excluding steroid dienone is 2.